The lowest BCUT2D eigenvalue weighted by Crippen LogP contribution is -2.35. The molecule has 0 radical (unpaired) electrons. The van der Waals surface area contributed by atoms with Crippen LogP contribution in [0.1, 0.15) is 31.2 Å². The average Bonchev–Trinajstić information content (AvgIpc) is 3.09. The van der Waals surface area contributed by atoms with Crippen molar-refractivity contribution in [3.63, 3.8) is 0 Å². The van der Waals surface area contributed by atoms with Crippen LogP contribution in [0.5, 0.6) is 5.75 Å². The van der Waals surface area contributed by atoms with Gasteiger partial charge in [-0.25, -0.2) is 0 Å². The van der Waals surface area contributed by atoms with Gasteiger partial charge >= 0.3 is 6.36 Å². The lowest BCUT2D eigenvalue weighted by Gasteiger charge is -2.26. The molecule has 3 unspecified atom stereocenters. The summed E-state index contributed by atoms with van der Waals surface area (Å²) in [5.41, 5.74) is 0.790. The van der Waals surface area contributed by atoms with Gasteiger partial charge in [0.1, 0.15) is 5.75 Å². The summed E-state index contributed by atoms with van der Waals surface area (Å²) < 4.78 is 40.2. The van der Waals surface area contributed by atoms with Crippen LogP contribution in [0.25, 0.3) is 0 Å². The van der Waals surface area contributed by atoms with Gasteiger partial charge in [0.2, 0.25) is 5.91 Å². The van der Waals surface area contributed by atoms with Crippen molar-refractivity contribution in [1.82, 2.24) is 4.90 Å². The maximum absolute atomic E-state index is 12.5. The predicted molar refractivity (Wildman–Crippen MR) is 78.5 cm³/mol. The van der Waals surface area contributed by atoms with Crippen LogP contribution in [-0.2, 0) is 11.3 Å². The Morgan fingerprint density at radius 2 is 1.91 bits per heavy atom. The van der Waals surface area contributed by atoms with E-state index in [0.717, 1.165) is 18.4 Å². The van der Waals surface area contributed by atoms with E-state index in [0.29, 0.717) is 18.4 Å². The van der Waals surface area contributed by atoms with Crippen LogP contribution in [0.4, 0.5) is 13.2 Å². The number of carbonyl (C=O) groups excluding carboxylic acids is 1. The first-order valence-electron chi connectivity index (χ1n) is 7.91. The summed E-state index contributed by atoms with van der Waals surface area (Å²) in [6.07, 6.45) is -0.118. The van der Waals surface area contributed by atoms with E-state index >= 15 is 0 Å². The van der Waals surface area contributed by atoms with Crippen molar-refractivity contribution in [2.24, 2.45) is 17.8 Å². The molecular weight excluding hydrogens is 307 g/mol. The summed E-state index contributed by atoms with van der Waals surface area (Å²) in [7, 11) is 1.76. The first kappa shape index (κ1) is 16.1. The molecule has 2 aliphatic rings. The summed E-state index contributed by atoms with van der Waals surface area (Å²) in [4.78, 5) is 14.2. The van der Waals surface area contributed by atoms with Crippen LogP contribution < -0.4 is 4.74 Å². The summed E-state index contributed by atoms with van der Waals surface area (Å²) >= 11 is 0. The normalized spacial score (nSPS) is 26.3. The van der Waals surface area contributed by atoms with Crippen molar-refractivity contribution < 1.29 is 22.7 Å². The fourth-order valence-corrected chi connectivity index (χ4v) is 3.98. The highest BCUT2D eigenvalue weighted by molar-refractivity contribution is 5.79. The molecule has 2 bridgehead atoms. The SMILES string of the molecule is CN(Cc1ccc(OC(F)(F)F)cc1)C(=O)C1CC2CCC1C2. The molecule has 1 amide bonds. The maximum atomic E-state index is 12.5. The standard InChI is InChI=1S/C17H20F3NO2/c1-21(16(22)15-9-12-2-5-13(15)8-12)10-11-3-6-14(7-4-11)23-17(18,19)20/h3-4,6-7,12-13,15H,2,5,8-10H2,1H3. The van der Waals surface area contributed by atoms with E-state index < -0.39 is 6.36 Å². The number of nitrogens with zero attached hydrogens (tertiary/aromatic N) is 1. The molecule has 6 heteroatoms. The van der Waals surface area contributed by atoms with Crippen LogP contribution >= 0.6 is 0 Å². The molecule has 3 rings (SSSR count). The van der Waals surface area contributed by atoms with Gasteiger partial charge in [0.25, 0.3) is 0 Å². The zero-order chi connectivity index (χ0) is 16.6. The second-order valence-corrected chi connectivity index (χ2v) is 6.67. The van der Waals surface area contributed by atoms with Crippen molar-refractivity contribution >= 4 is 5.91 Å². The summed E-state index contributed by atoms with van der Waals surface area (Å²) in [6, 6.07) is 5.68. The van der Waals surface area contributed by atoms with Gasteiger partial charge in [-0.05, 0) is 48.8 Å². The Bertz CT molecular complexity index is 570. The van der Waals surface area contributed by atoms with Crippen molar-refractivity contribution in [3.05, 3.63) is 29.8 Å². The fourth-order valence-electron chi connectivity index (χ4n) is 3.98. The highest BCUT2D eigenvalue weighted by atomic mass is 19.4. The van der Waals surface area contributed by atoms with Gasteiger partial charge in [-0.15, -0.1) is 13.2 Å². The Labute approximate surface area is 133 Å². The number of amides is 1. The highest BCUT2D eigenvalue weighted by Crippen LogP contribution is 2.48. The molecule has 1 aromatic carbocycles. The molecule has 0 spiro atoms. The van der Waals surface area contributed by atoms with Crippen LogP contribution in [-0.4, -0.2) is 24.2 Å². The van der Waals surface area contributed by atoms with E-state index in [1.54, 1.807) is 24.1 Å². The number of hydrogen-bond acceptors (Lipinski definition) is 2. The topological polar surface area (TPSA) is 29.5 Å². The zero-order valence-corrected chi connectivity index (χ0v) is 13.0. The van der Waals surface area contributed by atoms with Crippen LogP contribution in [0.15, 0.2) is 24.3 Å². The van der Waals surface area contributed by atoms with Crippen molar-refractivity contribution in [3.8, 4) is 5.75 Å². The van der Waals surface area contributed by atoms with Crippen molar-refractivity contribution in [2.45, 2.75) is 38.6 Å². The second kappa shape index (κ2) is 6.06. The Balaban J connectivity index is 1.57. The number of alkyl halides is 3. The molecule has 126 valence electrons. The third-order valence-corrected chi connectivity index (χ3v) is 5.01. The van der Waals surface area contributed by atoms with Crippen molar-refractivity contribution in [1.29, 1.82) is 0 Å². The number of hydrogen-bond donors (Lipinski definition) is 0. The Morgan fingerprint density at radius 3 is 2.43 bits per heavy atom. The van der Waals surface area contributed by atoms with E-state index in [4.69, 9.17) is 0 Å². The summed E-state index contributed by atoms with van der Waals surface area (Å²) in [5.74, 6) is 1.28. The lowest BCUT2D eigenvalue weighted by molar-refractivity contribution is -0.274. The van der Waals surface area contributed by atoms with E-state index in [1.807, 2.05) is 0 Å². The van der Waals surface area contributed by atoms with E-state index in [9.17, 15) is 18.0 Å². The van der Waals surface area contributed by atoms with Gasteiger partial charge in [-0.1, -0.05) is 18.6 Å². The van der Waals surface area contributed by atoms with Gasteiger partial charge in [0, 0.05) is 19.5 Å². The predicted octanol–water partition coefficient (Wildman–Crippen LogP) is 3.98. The molecule has 2 fully saturated rings. The van der Waals surface area contributed by atoms with Crippen LogP contribution in [0, 0.1) is 17.8 Å². The van der Waals surface area contributed by atoms with Gasteiger partial charge in [0.15, 0.2) is 0 Å². The van der Waals surface area contributed by atoms with Gasteiger partial charge in [0.05, 0.1) is 0 Å². The molecule has 2 aliphatic carbocycles. The van der Waals surface area contributed by atoms with Crippen molar-refractivity contribution in [2.75, 3.05) is 7.05 Å². The molecule has 0 saturated heterocycles. The molecule has 0 aromatic heterocycles. The monoisotopic (exact) mass is 327 g/mol. The highest BCUT2D eigenvalue weighted by Gasteiger charge is 2.43. The molecular formula is C17H20F3NO2. The van der Waals surface area contributed by atoms with E-state index in [1.165, 1.54) is 25.0 Å². The number of rotatable bonds is 4. The average molecular weight is 327 g/mol. The second-order valence-electron chi connectivity index (χ2n) is 6.67. The third kappa shape index (κ3) is 3.79. The number of halogens is 3. The largest absolute Gasteiger partial charge is 0.573 e. The molecule has 3 nitrogen and oxygen atoms in total. The van der Waals surface area contributed by atoms with E-state index in [-0.39, 0.29) is 17.6 Å². The molecule has 0 aliphatic heterocycles. The zero-order valence-electron chi connectivity index (χ0n) is 13.0. The minimum atomic E-state index is -4.68. The molecule has 0 heterocycles. The van der Waals surface area contributed by atoms with Crippen LogP contribution in [0.2, 0.25) is 0 Å². The smallest absolute Gasteiger partial charge is 0.406 e. The van der Waals surface area contributed by atoms with Gasteiger partial charge in [-0.2, -0.15) is 0 Å². The number of ether oxygens (including phenoxy) is 1. The molecule has 1 aromatic rings. The molecule has 2 saturated carbocycles. The minimum absolute atomic E-state index is 0.131. The maximum Gasteiger partial charge on any atom is 0.573 e. The first-order chi connectivity index (χ1) is 10.8. The summed E-state index contributed by atoms with van der Waals surface area (Å²) in [5, 5.41) is 0. The number of benzene rings is 1. The Hall–Kier alpha value is -1.72. The first-order valence-corrected chi connectivity index (χ1v) is 7.91. The molecule has 23 heavy (non-hydrogen) atoms. The molecule has 3 atom stereocenters. The third-order valence-electron chi connectivity index (χ3n) is 5.01. The minimum Gasteiger partial charge on any atom is -0.406 e. The molecule has 0 N–H and O–H groups in total. The number of carbonyl (C=O) groups is 1. The van der Waals surface area contributed by atoms with Crippen LogP contribution in [0.3, 0.4) is 0 Å². The Morgan fingerprint density at radius 1 is 1.22 bits per heavy atom. The lowest BCUT2D eigenvalue weighted by atomic mass is 9.88. The van der Waals surface area contributed by atoms with Gasteiger partial charge < -0.3 is 9.64 Å². The van der Waals surface area contributed by atoms with E-state index in [2.05, 4.69) is 4.74 Å². The number of fused-ring (bicyclic) bond motifs is 2. The fraction of sp³-hybridized carbons (Fsp3) is 0.588. The van der Waals surface area contributed by atoms with Gasteiger partial charge in [-0.3, -0.25) is 4.79 Å². The quantitative estimate of drug-likeness (QED) is 0.837. The Kier molecular flexibility index (Phi) is 4.25. The summed E-state index contributed by atoms with van der Waals surface area (Å²) in [6.45, 7) is 0.402.